The van der Waals surface area contributed by atoms with Crippen molar-refractivity contribution in [2.45, 2.75) is 25.1 Å². The predicted octanol–water partition coefficient (Wildman–Crippen LogP) is 2.20. The van der Waals surface area contributed by atoms with E-state index in [1.807, 2.05) is 0 Å². The molecule has 26 heavy (non-hydrogen) atoms. The van der Waals surface area contributed by atoms with Crippen LogP contribution in [0.1, 0.15) is 12.8 Å². The highest BCUT2D eigenvalue weighted by molar-refractivity contribution is 6.02. The van der Waals surface area contributed by atoms with Gasteiger partial charge in [0.15, 0.2) is 5.82 Å². The molecule has 140 valence electrons. The molecule has 0 spiro atoms. The van der Waals surface area contributed by atoms with Crippen molar-refractivity contribution < 1.29 is 41.5 Å². The second-order valence-electron chi connectivity index (χ2n) is 5.47. The van der Waals surface area contributed by atoms with Gasteiger partial charge in [0.05, 0.1) is 17.6 Å². The zero-order valence-corrected chi connectivity index (χ0v) is 12.7. The monoisotopic (exact) mass is 379 g/mol. The number of aliphatic carboxylic acids is 1. The average molecular weight is 379 g/mol. The Balaban J connectivity index is 1.96. The first kappa shape index (κ1) is 17.9. The molecule has 2 aliphatic rings. The number of carboxylic acid groups (broad SMARTS) is 1. The van der Waals surface area contributed by atoms with Crippen molar-refractivity contribution in [3.05, 3.63) is 35.7 Å². The highest BCUT2D eigenvalue weighted by atomic mass is 19.4. The minimum absolute atomic E-state index is 0.0732. The van der Waals surface area contributed by atoms with Crippen LogP contribution in [0, 0.1) is 11.6 Å². The Morgan fingerprint density at radius 3 is 2.42 bits per heavy atom. The summed E-state index contributed by atoms with van der Waals surface area (Å²) >= 11 is 0. The van der Waals surface area contributed by atoms with E-state index in [1.165, 1.54) is 0 Å². The number of hydrogen-bond acceptors (Lipinski definition) is 5. The Hall–Kier alpha value is -2.89. The Morgan fingerprint density at radius 1 is 1.23 bits per heavy atom. The summed E-state index contributed by atoms with van der Waals surface area (Å²) in [5, 5.41) is 9.56. The number of anilines is 2. The van der Waals surface area contributed by atoms with E-state index in [0.29, 0.717) is 28.2 Å². The zero-order chi connectivity index (χ0) is 19.2. The first-order valence-electron chi connectivity index (χ1n) is 7.14. The third kappa shape index (κ3) is 3.03. The summed E-state index contributed by atoms with van der Waals surface area (Å²) in [6, 6.07) is -0.279. The normalized spacial score (nSPS) is 20.4. The number of halogens is 5. The molecule has 0 saturated carbocycles. The molecule has 1 aromatic carbocycles. The molecule has 0 bridgehead atoms. The van der Waals surface area contributed by atoms with Crippen LogP contribution in [0.2, 0.25) is 0 Å². The smallest absolute Gasteiger partial charge is 0.453 e. The van der Waals surface area contributed by atoms with Gasteiger partial charge in [0.1, 0.15) is 11.9 Å². The van der Waals surface area contributed by atoms with Crippen LogP contribution in [-0.4, -0.2) is 29.2 Å². The number of carbonyl (C=O) groups excluding carboxylic acids is 1. The van der Waals surface area contributed by atoms with Gasteiger partial charge in [-0.15, -0.1) is 0 Å². The van der Waals surface area contributed by atoms with Crippen molar-refractivity contribution in [3.8, 4) is 0 Å². The number of benzene rings is 1. The van der Waals surface area contributed by atoms with Crippen LogP contribution in [0.4, 0.5) is 33.3 Å². The third-order valence-corrected chi connectivity index (χ3v) is 3.81. The molecule has 0 aromatic heterocycles. The summed E-state index contributed by atoms with van der Waals surface area (Å²) in [7, 11) is 0. The number of amides is 1. The fourth-order valence-electron chi connectivity index (χ4n) is 2.63. The van der Waals surface area contributed by atoms with Gasteiger partial charge in [0.25, 0.3) is 0 Å². The standard InChI is InChI=1S/C14H10F5N3O4/c15-6-4-10(22-8(13(24)25)1-2-12(22)23)7(16)3-9(6)21-5-11(26-20-21)14(17,18)19/h3-5,8,20H,1-2H2,(H,24,25)/t8-/m0/s1. The van der Waals surface area contributed by atoms with Gasteiger partial charge in [-0.05, 0) is 6.42 Å². The Morgan fingerprint density at radius 2 is 1.85 bits per heavy atom. The van der Waals surface area contributed by atoms with Crippen LogP contribution >= 0.6 is 0 Å². The van der Waals surface area contributed by atoms with Gasteiger partial charge in [0, 0.05) is 18.6 Å². The third-order valence-electron chi connectivity index (χ3n) is 3.81. The molecule has 2 N–H and O–H groups in total. The lowest BCUT2D eigenvalue weighted by molar-refractivity contribution is -0.139. The fourth-order valence-corrected chi connectivity index (χ4v) is 2.63. The van der Waals surface area contributed by atoms with Crippen molar-refractivity contribution in [1.29, 1.82) is 0 Å². The number of rotatable bonds is 3. The number of nitrogens with zero attached hydrogens (tertiary/aromatic N) is 2. The van der Waals surface area contributed by atoms with Crippen molar-refractivity contribution in [3.63, 3.8) is 0 Å². The maximum absolute atomic E-state index is 14.4. The van der Waals surface area contributed by atoms with Gasteiger partial charge in [-0.25, -0.2) is 18.6 Å². The molecule has 1 saturated heterocycles. The number of hydrazine groups is 1. The maximum atomic E-state index is 14.4. The fraction of sp³-hybridized carbons (Fsp3) is 0.286. The summed E-state index contributed by atoms with van der Waals surface area (Å²) in [4.78, 5) is 27.8. The van der Waals surface area contributed by atoms with E-state index >= 15 is 0 Å². The quantitative estimate of drug-likeness (QED) is 0.784. The minimum Gasteiger partial charge on any atom is -0.480 e. The highest BCUT2D eigenvalue weighted by Gasteiger charge is 2.42. The summed E-state index contributed by atoms with van der Waals surface area (Å²) in [6.07, 6.45) is -4.69. The molecule has 1 fully saturated rings. The van der Waals surface area contributed by atoms with Crippen molar-refractivity contribution in [2.75, 3.05) is 9.91 Å². The van der Waals surface area contributed by atoms with E-state index in [9.17, 15) is 31.5 Å². The lowest BCUT2D eigenvalue weighted by atomic mass is 10.2. The van der Waals surface area contributed by atoms with Gasteiger partial charge in [-0.2, -0.15) is 13.2 Å². The van der Waals surface area contributed by atoms with Crippen LogP contribution in [-0.2, 0) is 14.4 Å². The summed E-state index contributed by atoms with van der Waals surface area (Å²) < 4.78 is 66.3. The first-order chi connectivity index (χ1) is 12.1. The van der Waals surface area contributed by atoms with Gasteiger partial charge >= 0.3 is 12.1 Å². The van der Waals surface area contributed by atoms with E-state index < -0.39 is 52.9 Å². The van der Waals surface area contributed by atoms with E-state index in [-0.39, 0.29) is 12.8 Å². The zero-order valence-electron chi connectivity index (χ0n) is 12.7. The molecule has 0 unspecified atom stereocenters. The molecule has 1 aromatic rings. The molecule has 2 heterocycles. The number of alkyl halides is 3. The average Bonchev–Trinajstić information content (AvgIpc) is 3.15. The van der Waals surface area contributed by atoms with Crippen molar-refractivity contribution >= 4 is 23.3 Å². The van der Waals surface area contributed by atoms with Gasteiger partial charge in [-0.1, -0.05) is 5.59 Å². The number of nitrogens with one attached hydrogen (secondary N) is 1. The molecular formula is C14H10F5N3O4. The molecule has 0 radical (unpaired) electrons. The molecule has 1 atom stereocenters. The minimum atomic E-state index is -4.84. The topological polar surface area (TPSA) is 82.1 Å². The van der Waals surface area contributed by atoms with Crippen LogP contribution in [0.25, 0.3) is 0 Å². The van der Waals surface area contributed by atoms with Crippen molar-refractivity contribution in [1.82, 2.24) is 5.59 Å². The second-order valence-corrected chi connectivity index (χ2v) is 5.47. The number of hydrogen-bond donors (Lipinski definition) is 2. The summed E-state index contributed by atoms with van der Waals surface area (Å²) in [5.74, 6) is -5.93. The molecule has 0 aliphatic carbocycles. The highest BCUT2D eigenvalue weighted by Crippen LogP contribution is 2.35. The Bertz CT molecular complexity index is 811. The number of allylic oxidation sites excluding steroid dienone is 1. The van der Waals surface area contributed by atoms with E-state index in [1.54, 1.807) is 5.59 Å². The predicted molar refractivity (Wildman–Crippen MR) is 75.3 cm³/mol. The molecule has 12 heteroatoms. The van der Waals surface area contributed by atoms with E-state index in [0.717, 1.165) is 0 Å². The van der Waals surface area contributed by atoms with Crippen LogP contribution in [0.5, 0.6) is 0 Å². The lowest BCUT2D eigenvalue weighted by Gasteiger charge is -2.23. The van der Waals surface area contributed by atoms with Crippen LogP contribution < -0.4 is 15.5 Å². The first-order valence-corrected chi connectivity index (χ1v) is 7.14. The van der Waals surface area contributed by atoms with Crippen LogP contribution in [0.3, 0.4) is 0 Å². The SMILES string of the molecule is O=C(O)[C@@H]1CCC(=O)N1c1cc(F)c(N2C=C(C(F)(F)F)ON2)cc1F. The van der Waals surface area contributed by atoms with Gasteiger partial charge in [-0.3, -0.25) is 9.69 Å². The molecule has 7 nitrogen and oxygen atoms in total. The Kier molecular flexibility index (Phi) is 4.22. The summed E-state index contributed by atoms with van der Waals surface area (Å²) in [6.45, 7) is 0. The second kappa shape index (κ2) is 6.12. The largest absolute Gasteiger partial charge is 0.480 e. The summed E-state index contributed by atoms with van der Waals surface area (Å²) in [5.41, 5.74) is 0.503. The van der Waals surface area contributed by atoms with Gasteiger partial charge < -0.3 is 9.94 Å². The van der Waals surface area contributed by atoms with Gasteiger partial charge in [0.2, 0.25) is 11.7 Å². The molecule has 2 aliphatic heterocycles. The number of carbonyl (C=O) groups is 2. The molecular weight excluding hydrogens is 369 g/mol. The number of carboxylic acids is 1. The molecule has 3 rings (SSSR count). The van der Waals surface area contributed by atoms with E-state index in [2.05, 4.69) is 4.84 Å². The van der Waals surface area contributed by atoms with Crippen LogP contribution in [0.15, 0.2) is 24.1 Å². The molecule has 1 amide bonds. The lowest BCUT2D eigenvalue weighted by Crippen LogP contribution is -2.39. The van der Waals surface area contributed by atoms with Crippen molar-refractivity contribution in [2.24, 2.45) is 0 Å². The Labute approximate surface area is 142 Å². The van der Waals surface area contributed by atoms with E-state index in [4.69, 9.17) is 5.11 Å². The maximum Gasteiger partial charge on any atom is 0.453 e.